The molecule has 1 aliphatic heterocycles. The van der Waals surface area contributed by atoms with Gasteiger partial charge >= 0.3 is 0 Å². The number of anilines is 2. The van der Waals surface area contributed by atoms with Gasteiger partial charge in [0, 0.05) is 25.0 Å². The topological polar surface area (TPSA) is 72.5 Å². The van der Waals surface area contributed by atoms with Crippen LogP contribution in [0, 0.1) is 0 Å². The molecule has 1 saturated heterocycles. The first-order valence-corrected chi connectivity index (χ1v) is 9.60. The molecule has 1 aromatic carbocycles. The van der Waals surface area contributed by atoms with Crippen LogP contribution in [-0.2, 0) is 9.47 Å². The highest BCUT2D eigenvalue weighted by Gasteiger charge is 2.14. The maximum Gasteiger partial charge on any atom is 0.258 e. The van der Waals surface area contributed by atoms with Crippen molar-refractivity contribution >= 4 is 29.0 Å². The second-order valence-electron chi connectivity index (χ2n) is 6.28. The van der Waals surface area contributed by atoms with Crippen molar-refractivity contribution in [1.29, 1.82) is 0 Å². The van der Waals surface area contributed by atoms with Crippen LogP contribution in [0.3, 0.4) is 0 Å². The number of nitrogens with one attached hydrogen (secondary N) is 2. The number of rotatable bonds is 8. The van der Waals surface area contributed by atoms with Crippen molar-refractivity contribution in [3.63, 3.8) is 0 Å². The largest absolute Gasteiger partial charge is 0.384 e. The molecule has 2 aromatic rings. The van der Waals surface area contributed by atoms with Gasteiger partial charge in [-0.3, -0.25) is 4.79 Å². The van der Waals surface area contributed by atoms with E-state index in [1.807, 2.05) is 18.2 Å². The van der Waals surface area contributed by atoms with Crippen LogP contribution in [0.15, 0.2) is 42.6 Å². The van der Waals surface area contributed by atoms with Crippen molar-refractivity contribution in [2.45, 2.75) is 32.0 Å². The minimum atomic E-state index is -0.259. The van der Waals surface area contributed by atoms with Crippen LogP contribution < -0.4 is 10.6 Å². The molecule has 3 rings (SSSR count). The van der Waals surface area contributed by atoms with E-state index >= 15 is 0 Å². The van der Waals surface area contributed by atoms with Crippen LogP contribution in [-0.4, -0.2) is 36.9 Å². The SMILES string of the molecule is O=C(Nc1ncccc1Cl)c1ccccc1NCCCOC1CCCCO1. The number of carbonyl (C=O) groups excluding carboxylic acids is 1. The van der Waals surface area contributed by atoms with Gasteiger partial charge in [-0.2, -0.15) is 0 Å². The first-order chi connectivity index (χ1) is 13.2. The zero-order valence-electron chi connectivity index (χ0n) is 15.1. The van der Waals surface area contributed by atoms with Gasteiger partial charge in [0.15, 0.2) is 12.1 Å². The monoisotopic (exact) mass is 389 g/mol. The minimum Gasteiger partial charge on any atom is -0.384 e. The van der Waals surface area contributed by atoms with Gasteiger partial charge in [-0.25, -0.2) is 4.98 Å². The summed E-state index contributed by atoms with van der Waals surface area (Å²) in [5.74, 6) is 0.0883. The van der Waals surface area contributed by atoms with E-state index in [9.17, 15) is 4.79 Å². The summed E-state index contributed by atoms with van der Waals surface area (Å²) in [5.41, 5.74) is 1.30. The molecule has 144 valence electrons. The predicted molar refractivity (Wildman–Crippen MR) is 106 cm³/mol. The van der Waals surface area contributed by atoms with Crippen LogP contribution in [0.5, 0.6) is 0 Å². The number of carbonyl (C=O) groups is 1. The predicted octanol–water partition coefficient (Wildman–Crippen LogP) is 4.33. The summed E-state index contributed by atoms with van der Waals surface area (Å²) in [6.07, 6.45) is 5.58. The lowest BCUT2D eigenvalue weighted by atomic mass is 10.1. The molecule has 1 aromatic heterocycles. The molecule has 0 saturated carbocycles. The average Bonchev–Trinajstić information content (AvgIpc) is 2.70. The summed E-state index contributed by atoms with van der Waals surface area (Å²) in [6.45, 7) is 2.10. The van der Waals surface area contributed by atoms with Crippen LogP contribution in [0.1, 0.15) is 36.0 Å². The van der Waals surface area contributed by atoms with Gasteiger partial charge in [0.1, 0.15) is 0 Å². The third-order valence-electron chi connectivity index (χ3n) is 4.24. The number of ether oxygens (including phenoxy) is 2. The fourth-order valence-electron chi connectivity index (χ4n) is 2.84. The van der Waals surface area contributed by atoms with Crippen molar-refractivity contribution in [2.24, 2.45) is 0 Å². The highest BCUT2D eigenvalue weighted by Crippen LogP contribution is 2.21. The summed E-state index contributed by atoms with van der Waals surface area (Å²) in [5, 5.41) is 6.45. The van der Waals surface area contributed by atoms with Crippen LogP contribution >= 0.6 is 11.6 Å². The van der Waals surface area contributed by atoms with Crippen molar-refractivity contribution in [1.82, 2.24) is 4.98 Å². The quantitative estimate of drug-likeness (QED) is 0.657. The van der Waals surface area contributed by atoms with Crippen molar-refractivity contribution < 1.29 is 14.3 Å². The zero-order chi connectivity index (χ0) is 18.9. The molecule has 2 N–H and O–H groups in total. The summed E-state index contributed by atoms with van der Waals surface area (Å²) >= 11 is 6.06. The van der Waals surface area contributed by atoms with Gasteiger partial charge in [-0.15, -0.1) is 0 Å². The Morgan fingerprint density at radius 2 is 2.15 bits per heavy atom. The highest BCUT2D eigenvalue weighted by atomic mass is 35.5. The first kappa shape index (κ1) is 19.6. The van der Waals surface area contributed by atoms with Gasteiger partial charge in [0.2, 0.25) is 0 Å². The molecule has 6 nitrogen and oxygen atoms in total. The van der Waals surface area contributed by atoms with Gasteiger partial charge in [0.05, 0.1) is 17.2 Å². The van der Waals surface area contributed by atoms with Gasteiger partial charge in [-0.1, -0.05) is 23.7 Å². The third kappa shape index (κ3) is 5.92. The van der Waals surface area contributed by atoms with E-state index in [0.717, 1.165) is 38.0 Å². The lowest BCUT2D eigenvalue weighted by Crippen LogP contribution is -2.23. The lowest BCUT2D eigenvalue weighted by Gasteiger charge is -2.22. The second kappa shape index (κ2) is 10.3. The zero-order valence-corrected chi connectivity index (χ0v) is 15.9. The molecule has 1 atom stereocenters. The van der Waals surface area contributed by atoms with E-state index in [1.165, 1.54) is 0 Å². The normalized spacial score (nSPS) is 16.7. The third-order valence-corrected chi connectivity index (χ3v) is 4.55. The van der Waals surface area contributed by atoms with Gasteiger partial charge in [-0.05, 0) is 49.9 Å². The van der Waals surface area contributed by atoms with Crippen molar-refractivity contribution in [3.8, 4) is 0 Å². The molecule has 1 amide bonds. The molecular weight excluding hydrogens is 366 g/mol. The number of benzene rings is 1. The summed E-state index contributed by atoms with van der Waals surface area (Å²) in [4.78, 5) is 16.7. The maximum absolute atomic E-state index is 12.6. The van der Waals surface area contributed by atoms with Crippen LogP contribution in [0.25, 0.3) is 0 Å². The molecule has 27 heavy (non-hydrogen) atoms. The molecule has 1 unspecified atom stereocenters. The standard InChI is InChI=1S/C20H24ClN3O3/c21-16-8-5-11-23-19(16)24-20(25)15-7-1-2-9-17(15)22-12-6-14-27-18-10-3-4-13-26-18/h1-2,5,7-9,11,18,22H,3-4,6,10,12-14H2,(H,23,24,25). The number of hydrogen-bond acceptors (Lipinski definition) is 5. The second-order valence-corrected chi connectivity index (χ2v) is 6.69. The van der Waals surface area contributed by atoms with Gasteiger partial charge in [0.25, 0.3) is 5.91 Å². The molecule has 2 heterocycles. The molecule has 0 aliphatic carbocycles. The fourth-order valence-corrected chi connectivity index (χ4v) is 3.01. The summed E-state index contributed by atoms with van der Waals surface area (Å²) in [6, 6.07) is 10.8. The number of halogens is 1. The fraction of sp³-hybridized carbons (Fsp3) is 0.400. The Morgan fingerprint density at radius 3 is 2.96 bits per heavy atom. The maximum atomic E-state index is 12.6. The number of pyridine rings is 1. The van der Waals surface area contributed by atoms with Gasteiger partial charge < -0.3 is 20.1 Å². The Labute approximate surface area is 164 Å². The molecule has 0 bridgehead atoms. The Kier molecular flexibility index (Phi) is 7.45. The van der Waals surface area contributed by atoms with Crippen molar-refractivity contribution in [3.05, 3.63) is 53.2 Å². The Bertz CT molecular complexity index is 751. The molecular formula is C20H24ClN3O3. The number of hydrogen-bond donors (Lipinski definition) is 2. The van der Waals surface area contributed by atoms with E-state index < -0.39 is 0 Å². The molecule has 7 heteroatoms. The Morgan fingerprint density at radius 1 is 1.26 bits per heavy atom. The van der Waals surface area contributed by atoms with E-state index in [1.54, 1.807) is 24.4 Å². The van der Waals surface area contributed by atoms with E-state index in [-0.39, 0.29) is 12.2 Å². The average molecular weight is 390 g/mol. The summed E-state index contributed by atoms with van der Waals surface area (Å²) < 4.78 is 11.3. The minimum absolute atomic E-state index is 0.0695. The lowest BCUT2D eigenvalue weighted by molar-refractivity contribution is -0.162. The summed E-state index contributed by atoms with van der Waals surface area (Å²) in [7, 11) is 0. The van der Waals surface area contributed by atoms with E-state index in [2.05, 4.69) is 15.6 Å². The number of amides is 1. The molecule has 1 fully saturated rings. The number of para-hydroxylation sites is 1. The highest BCUT2D eigenvalue weighted by molar-refractivity contribution is 6.33. The number of aromatic nitrogens is 1. The molecule has 0 radical (unpaired) electrons. The van der Waals surface area contributed by atoms with E-state index in [0.29, 0.717) is 29.6 Å². The molecule has 0 spiro atoms. The van der Waals surface area contributed by atoms with Crippen molar-refractivity contribution in [2.75, 3.05) is 30.4 Å². The number of nitrogens with zero attached hydrogens (tertiary/aromatic N) is 1. The van der Waals surface area contributed by atoms with E-state index in [4.69, 9.17) is 21.1 Å². The first-order valence-electron chi connectivity index (χ1n) is 9.22. The molecule has 1 aliphatic rings. The van der Waals surface area contributed by atoms with Crippen LogP contribution in [0.4, 0.5) is 11.5 Å². The Hall–Kier alpha value is -2.15. The smallest absolute Gasteiger partial charge is 0.258 e. The Balaban J connectivity index is 1.49. The van der Waals surface area contributed by atoms with Crippen LogP contribution in [0.2, 0.25) is 5.02 Å².